The third-order valence-electron chi connectivity index (χ3n) is 4.69. The van der Waals surface area contributed by atoms with E-state index < -0.39 is 71.9 Å². The van der Waals surface area contributed by atoms with E-state index in [-0.39, 0.29) is 24.0 Å². The number of carbonyl (C=O) groups excluding carboxylic acids is 2. The van der Waals surface area contributed by atoms with Crippen LogP contribution < -0.4 is 9.47 Å². The lowest BCUT2D eigenvalue weighted by atomic mass is 9.97. The van der Waals surface area contributed by atoms with Gasteiger partial charge in [0, 0.05) is 18.9 Å². The average molecular weight is 561 g/mol. The molecule has 3 unspecified atom stereocenters. The monoisotopic (exact) mass is 561 g/mol. The summed E-state index contributed by atoms with van der Waals surface area (Å²) >= 11 is 0. The van der Waals surface area contributed by atoms with Crippen LogP contribution in [0.2, 0.25) is 0 Å². The Morgan fingerprint density at radius 2 is 1.79 bits per heavy atom. The topological polar surface area (TPSA) is 133 Å². The number of hydrogen-bond donors (Lipinski definition) is 0. The van der Waals surface area contributed by atoms with Gasteiger partial charge in [-0.1, -0.05) is 6.92 Å². The highest BCUT2D eigenvalue weighted by atomic mass is 19.4. The van der Waals surface area contributed by atoms with E-state index >= 15 is 0 Å². The van der Waals surface area contributed by atoms with E-state index in [1.54, 1.807) is 0 Å². The lowest BCUT2D eigenvalue weighted by Crippen LogP contribution is -2.41. The predicted molar refractivity (Wildman–Crippen MR) is 111 cm³/mol. The van der Waals surface area contributed by atoms with Gasteiger partial charge in [-0.15, -0.1) is 23.3 Å². The standard InChI is InChI=1S/C21H21F6NO10/c1-4-12-7-14(37-21(25,26)27)8-13-9-15(17(20(22,23)24)36-16(12)13)18(29)34-11(3)35-19(30)33-6-5-10(2)38-28(31)32/h7-11,17H,4-6H2,1-3H3. The lowest BCUT2D eigenvalue weighted by molar-refractivity contribution is -0.767. The molecule has 1 heterocycles. The summed E-state index contributed by atoms with van der Waals surface area (Å²) < 4.78 is 102. The van der Waals surface area contributed by atoms with Gasteiger partial charge in [0.15, 0.2) is 0 Å². The van der Waals surface area contributed by atoms with Gasteiger partial charge < -0.3 is 28.5 Å². The summed E-state index contributed by atoms with van der Waals surface area (Å²) in [6, 6.07) is 1.60. The summed E-state index contributed by atoms with van der Waals surface area (Å²) in [4.78, 5) is 38.6. The summed E-state index contributed by atoms with van der Waals surface area (Å²) in [6.07, 6.45) is -16.7. The van der Waals surface area contributed by atoms with Crippen LogP contribution >= 0.6 is 0 Å². The highest BCUT2D eigenvalue weighted by Crippen LogP contribution is 2.42. The Balaban J connectivity index is 2.18. The van der Waals surface area contributed by atoms with Crippen molar-refractivity contribution in [1.29, 1.82) is 0 Å². The first-order chi connectivity index (χ1) is 17.5. The van der Waals surface area contributed by atoms with Gasteiger partial charge in [0.05, 0.1) is 12.2 Å². The van der Waals surface area contributed by atoms with Gasteiger partial charge >= 0.3 is 24.7 Å². The number of esters is 1. The molecule has 2 rings (SSSR count). The van der Waals surface area contributed by atoms with Crippen molar-refractivity contribution >= 4 is 18.2 Å². The number of carbonyl (C=O) groups is 2. The van der Waals surface area contributed by atoms with Crippen molar-refractivity contribution in [1.82, 2.24) is 0 Å². The van der Waals surface area contributed by atoms with E-state index in [9.17, 15) is 46.0 Å². The van der Waals surface area contributed by atoms with Gasteiger partial charge in [0.1, 0.15) is 17.6 Å². The quantitative estimate of drug-likeness (QED) is 0.128. The number of ether oxygens (including phenoxy) is 5. The van der Waals surface area contributed by atoms with Crippen LogP contribution in [-0.2, 0) is 30.3 Å². The van der Waals surface area contributed by atoms with Crippen molar-refractivity contribution in [2.45, 2.75) is 64.6 Å². The SMILES string of the molecule is CCc1cc(OC(F)(F)F)cc2c1OC(C(F)(F)F)C(C(=O)OC(C)OC(=O)OCCC(C)O[N+](=O)[O-])=C2. The van der Waals surface area contributed by atoms with Crippen LogP contribution in [0.1, 0.15) is 38.3 Å². The highest BCUT2D eigenvalue weighted by molar-refractivity contribution is 5.96. The molecule has 0 aliphatic carbocycles. The second-order valence-corrected chi connectivity index (χ2v) is 7.66. The predicted octanol–water partition coefficient (Wildman–Crippen LogP) is 4.88. The Morgan fingerprint density at radius 3 is 2.34 bits per heavy atom. The molecule has 0 N–H and O–H groups in total. The van der Waals surface area contributed by atoms with E-state index in [1.807, 2.05) is 0 Å². The molecule has 17 heteroatoms. The van der Waals surface area contributed by atoms with Gasteiger partial charge in [0.25, 0.3) is 5.09 Å². The average Bonchev–Trinajstić information content (AvgIpc) is 2.75. The third kappa shape index (κ3) is 8.88. The number of halogens is 6. The maximum atomic E-state index is 13.7. The zero-order valence-electron chi connectivity index (χ0n) is 19.9. The van der Waals surface area contributed by atoms with Crippen LogP contribution in [0, 0.1) is 10.1 Å². The summed E-state index contributed by atoms with van der Waals surface area (Å²) in [6.45, 7) is 3.35. The first-order valence-corrected chi connectivity index (χ1v) is 10.7. The van der Waals surface area contributed by atoms with Crippen LogP contribution in [0.4, 0.5) is 31.1 Å². The molecule has 0 saturated carbocycles. The van der Waals surface area contributed by atoms with Crippen LogP contribution in [-0.4, -0.2) is 54.9 Å². The molecular weight excluding hydrogens is 540 g/mol. The molecule has 11 nitrogen and oxygen atoms in total. The zero-order chi connectivity index (χ0) is 28.8. The molecule has 0 spiro atoms. The van der Waals surface area contributed by atoms with Crippen molar-refractivity contribution in [3.8, 4) is 11.5 Å². The maximum Gasteiger partial charge on any atom is 0.573 e. The minimum absolute atomic E-state index is 0.0283. The molecule has 1 aromatic carbocycles. The fourth-order valence-corrected chi connectivity index (χ4v) is 3.14. The smallest absolute Gasteiger partial charge is 0.475 e. The molecule has 0 amide bonds. The Bertz CT molecular complexity index is 1070. The number of rotatable bonds is 10. The molecule has 0 fully saturated rings. The van der Waals surface area contributed by atoms with Crippen molar-refractivity contribution < 1.29 is 69.5 Å². The second kappa shape index (κ2) is 12.1. The van der Waals surface area contributed by atoms with E-state index in [1.165, 1.54) is 13.8 Å². The number of benzene rings is 1. The first-order valence-electron chi connectivity index (χ1n) is 10.7. The molecule has 1 aromatic rings. The van der Waals surface area contributed by atoms with Crippen LogP contribution in [0.3, 0.4) is 0 Å². The molecule has 1 aliphatic heterocycles. The van der Waals surface area contributed by atoms with Crippen LogP contribution in [0.25, 0.3) is 6.08 Å². The largest absolute Gasteiger partial charge is 0.573 e. The highest BCUT2D eigenvalue weighted by Gasteiger charge is 2.49. The molecule has 0 aromatic heterocycles. The molecule has 212 valence electrons. The Labute approximate surface area is 210 Å². The minimum atomic E-state index is -5.14. The van der Waals surface area contributed by atoms with Crippen molar-refractivity contribution in [3.05, 3.63) is 38.9 Å². The number of hydrogen-bond acceptors (Lipinski definition) is 10. The van der Waals surface area contributed by atoms with E-state index in [2.05, 4.69) is 19.0 Å². The van der Waals surface area contributed by atoms with E-state index in [0.717, 1.165) is 19.1 Å². The van der Waals surface area contributed by atoms with Gasteiger partial charge in [-0.25, -0.2) is 9.59 Å². The Morgan fingerprint density at radius 1 is 1.13 bits per heavy atom. The van der Waals surface area contributed by atoms with Gasteiger partial charge in [0.2, 0.25) is 12.4 Å². The number of fused-ring (bicyclic) bond motifs is 1. The van der Waals surface area contributed by atoms with Crippen molar-refractivity contribution in [2.75, 3.05) is 6.61 Å². The van der Waals surface area contributed by atoms with Crippen LogP contribution in [0.5, 0.6) is 11.5 Å². The molecule has 38 heavy (non-hydrogen) atoms. The molecule has 0 radical (unpaired) electrons. The van der Waals surface area contributed by atoms with Crippen molar-refractivity contribution in [3.63, 3.8) is 0 Å². The molecule has 0 saturated heterocycles. The van der Waals surface area contributed by atoms with Crippen LogP contribution in [0.15, 0.2) is 17.7 Å². The normalized spacial score (nSPS) is 16.7. The Kier molecular flexibility index (Phi) is 9.64. The first kappa shape index (κ1) is 30.3. The fourth-order valence-electron chi connectivity index (χ4n) is 3.14. The summed E-state index contributed by atoms with van der Waals surface area (Å²) in [5.41, 5.74) is -1.49. The number of nitrogens with zero attached hydrogens (tertiary/aromatic N) is 1. The van der Waals surface area contributed by atoms with Crippen molar-refractivity contribution in [2.24, 2.45) is 0 Å². The molecule has 3 atom stereocenters. The van der Waals surface area contributed by atoms with Gasteiger partial charge in [-0.05, 0) is 37.1 Å². The fraction of sp³-hybridized carbons (Fsp3) is 0.524. The van der Waals surface area contributed by atoms with E-state index in [0.29, 0.717) is 6.08 Å². The second-order valence-electron chi connectivity index (χ2n) is 7.66. The third-order valence-corrected chi connectivity index (χ3v) is 4.69. The summed E-state index contributed by atoms with van der Waals surface area (Å²) in [5, 5.41) is 9.16. The molecular formula is C21H21F6NO10. The number of alkyl halides is 6. The van der Waals surface area contributed by atoms with E-state index in [4.69, 9.17) is 9.47 Å². The maximum absolute atomic E-state index is 13.7. The lowest BCUT2D eigenvalue weighted by Gasteiger charge is -2.30. The minimum Gasteiger partial charge on any atom is -0.475 e. The summed E-state index contributed by atoms with van der Waals surface area (Å²) in [5.74, 6) is -2.79. The molecule has 0 bridgehead atoms. The van der Waals surface area contributed by atoms with Gasteiger partial charge in [-0.2, -0.15) is 13.2 Å². The Hall–Kier alpha value is -3.92. The number of aryl methyl sites for hydroxylation is 1. The molecule has 1 aliphatic rings. The van der Waals surface area contributed by atoms with Gasteiger partial charge in [-0.3, -0.25) is 0 Å². The summed E-state index contributed by atoms with van der Waals surface area (Å²) in [7, 11) is 0. The zero-order valence-corrected chi connectivity index (χ0v) is 19.9.